The average molecular weight is 359 g/mol. The molecule has 0 bridgehead atoms. The quantitative estimate of drug-likeness (QED) is 0.420. The van der Waals surface area contributed by atoms with Crippen LogP contribution in [0.1, 0.15) is 5.56 Å². The van der Waals surface area contributed by atoms with Crippen LogP contribution in [0.2, 0.25) is 5.02 Å². The molecule has 3 nitrogen and oxygen atoms in total. The van der Waals surface area contributed by atoms with Crippen molar-refractivity contribution in [2.24, 2.45) is 0 Å². The van der Waals surface area contributed by atoms with Crippen LogP contribution in [0.3, 0.4) is 0 Å². The SMILES string of the molecule is C=C(Oc1nc(-c2ccccc2)nc2ccccc12)c1ccc(Cl)cc1. The van der Waals surface area contributed by atoms with Crippen LogP contribution in [0.5, 0.6) is 5.88 Å². The molecule has 0 atom stereocenters. The Hall–Kier alpha value is -3.17. The van der Waals surface area contributed by atoms with Gasteiger partial charge >= 0.3 is 0 Å². The Labute approximate surface area is 156 Å². The van der Waals surface area contributed by atoms with Crippen LogP contribution < -0.4 is 4.74 Å². The summed E-state index contributed by atoms with van der Waals surface area (Å²) in [6.07, 6.45) is 0. The second-order valence-corrected chi connectivity index (χ2v) is 6.20. The molecule has 4 aromatic rings. The number of para-hydroxylation sites is 1. The number of halogens is 1. The zero-order valence-corrected chi connectivity index (χ0v) is 14.6. The number of benzene rings is 3. The van der Waals surface area contributed by atoms with Gasteiger partial charge in [-0.25, -0.2) is 4.98 Å². The minimum Gasteiger partial charge on any atom is -0.438 e. The maximum atomic E-state index is 6.03. The van der Waals surface area contributed by atoms with E-state index in [-0.39, 0.29) is 0 Å². The van der Waals surface area contributed by atoms with Crippen LogP contribution in [-0.4, -0.2) is 9.97 Å². The number of aromatic nitrogens is 2. The minimum atomic E-state index is 0.481. The van der Waals surface area contributed by atoms with E-state index >= 15 is 0 Å². The van der Waals surface area contributed by atoms with Crippen molar-refractivity contribution in [2.75, 3.05) is 0 Å². The van der Waals surface area contributed by atoms with E-state index in [0.29, 0.717) is 22.5 Å². The molecule has 4 rings (SSSR count). The van der Waals surface area contributed by atoms with Crippen molar-refractivity contribution in [1.29, 1.82) is 0 Å². The molecule has 0 N–H and O–H groups in total. The summed E-state index contributed by atoms with van der Waals surface area (Å²) in [7, 11) is 0. The number of fused-ring (bicyclic) bond motifs is 1. The van der Waals surface area contributed by atoms with Crippen molar-refractivity contribution in [3.63, 3.8) is 0 Å². The number of nitrogens with zero attached hydrogens (tertiary/aromatic N) is 2. The molecular weight excluding hydrogens is 344 g/mol. The van der Waals surface area contributed by atoms with Crippen molar-refractivity contribution < 1.29 is 4.74 Å². The third-order valence-corrected chi connectivity index (χ3v) is 4.24. The molecule has 0 radical (unpaired) electrons. The summed E-state index contributed by atoms with van der Waals surface area (Å²) in [6, 6.07) is 24.9. The first-order chi connectivity index (χ1) is 12.7. The first kappa shape index (κ1) is 16.3. The van der Waals surface area contributed by atoms with Crippen LogP contribution in [0.25, 0.3) is 28.0 Å². The van der Waals surface area contributed by atoms with E-state index in [2.05, 4.69) is 16.5 Å². The number of hydrogen-bond acceptors (Lipinski definition) is 3. The molecule has 0 fully saturated rings. The first-order valence-corrected chi connectivity index (χ1v) is 8.53. The molecule has 1 heterocycles. The van der Waals surface area contributed by atoms with Crippen molar-refractivity contribution in [2.45, 2.75) is 0 Å². The van der Waals surface area contributed by atoms with Crippen LogP contribution in [0.4, 0.5) is 0 Å². The second kappa shape index (κ2) is 6.98. The van der Waals surface area contributed by atoms with E-state index in [1.807, 2.05) is 66.7 Å². The fourth-order valence-electron chi connectivity index (χ4n) is 2.65. The molecule has 0 aliphatic carbocycles. The molecule has 126 valence electrons. The predicted molar refractivity (Wildman–Crippen MR) is 106 cm³/mol. The molecule has 0 saturated heterocycles. The zero-order valence-electron chi connectivity index (χ0n) is 13.9. The topological polar surface area (TPSA) is 35.0 Å². The van der Waals surface area contributed by atoms with Crippen molar-refractivity contribution >= 4 is 28.3 Å². The van der Waals surface area contributed by atoms with Gasteiger partial charge in [-0.1, -0.05) is 60.6 Å². The molecule has 0 unspecified atom stereocenters. The zero-order chi connectivity index (χ0) is 17.9. The van der Waals surface area contributed by atoms with Crippen LogP contribution in [0.15, 0.2) is 85.4 Å². The molecule has 0 saturated carbocycles. The Morgan fingerprint density at radius 1 is 0.808 bits per heavy atom. The normalized spacial score (nSPS) is 10.7. The molecule has 4 heteroatoms. The lowest BCUT2D eigenvalue weighted by atomic mass is 10.2. The summed E-state index contributed by atoms with van der Waals surface area (Å²) in [4.78, 5) is 9.29. The Kier molecular flexibility index (Phi) is 4.38. The van der Waals surface area contributed by atoms with Gasteiger partial charge in [-0.3, -0.25) is 0 Å². The smallest absolute Gasteiger partial charge is 0.230 e. The van der Waals surface area contributed by atoms with Crippen LogP contribution in [-0.2, 0) is 0 Å². The van der Waals surface area contributed by atoms with Gasteiger partial charge < -0.3 is 4.74 Å². The highest BCUT2D eigenvalue weighted by molar-refractivity contribution is 6.30. The Morgan fingerprint density at radius 2 is 1.50 bits per heavy atom. The third kappa shape index (κ3) is 3.30. The summed E-state index contributed by atoms with van der Waals surface area (Å²) in [5.74, 6) is 1.60. The molecule has 3 aromatic carbocycles. The highest BCUT2D eigenvalue weighted by atomic mass is 35.5. The maximum Gasteiger partial charge on any atom is 0.230 e. The highest BCUT2D eigenvalue weighted by Crippen LogP contribution is 2.29. The summed E-state index contributed by atoms with van der Waals surface area (Å²) in [6.45, 7) is 4.03. The van der Waals surface area contributed by atoms with Crippen molar-refractivity contribution in [3.8, 4) is 17.3 Å². The number of rotatable bonds is 4. The van der Waals surface area contributed by atoms with E-state index < -0.39 is 0 Å². The van der Waals surface area contributed by atoms with Gasteiger partial charge in [-0.05, 0) is 36.4 Å². The standard InChI is InChI=1S/C22H15ClN2O/c1-15(16-11-13-18(23)14-12-16)26-22-19-9-5-6-10-20(19)24-21(25-22)17-7-3-2-4-8-17/h2-14H,1H2. The van der Waals surface area contributed by atoms with Gasteiger partial charge in [-0.2, -0.15) is 4.98 Å². The molecule has 1 aromatic heterocycles. The molecular formula is C22H15ClN2O. The van der Waals surface area contributed by atoms with Gasteiger partial charge in [0, 0.05) is 16.1 Å². The fourth-order valence-corrected chi connectivity index (χ4v) is 2.78. The van der Waals surface area contributed by atoms with E-state index in [9.17, 15) is 0 Å². The maximum absolute atomic E-state index is 6.03. The summed E-state index contributed by atoms with van der Waals surface area (Å²) >= 11 is 5.95. The number of hydrogen-bond donors (Lipinski definition) is 0. The van der Waals surface area contributed by atoms with Crippen molar-refractivity contribution in [3.05, 3.63) is 96.0 Å². The largest absolute Gasteiger partial charge is 0.438 e. The fraction of sp³-hybridized carbons (Fsp3) is 0. The Balaban J connectivity index is 1.78. The monoisotopic (exact) mass is 358 g/mol. The third-order valence-electron chi connectivity index (χ3n) is 3.99. The lowest BCUT2D eigenvalue weighted by Crippen LogP contribution is -1.99. The predicted octanol–water partition coefficient (Wildman–Crippen LogP) is 6.00. The first-order valence-electron chi connectivity index (χ1n) is 8.15. The molecule has 0 aliphatic heterocycles. The highest BCUT2D eigenvalue weighted by Gasteiger charge is 2.12. The van der Waals surface area contributed by atoms with E-state index in [4.69, 9.17) is 16.3 Å². The molecule has 0 spiro atoms. The van der Waals surface area contributed by atoms with Gasteiger partial charge in [-0.15, -0.1) is 0 Å². The molecule has 26 heavy (non-hydrogen) atoms. The van der Waals surface area contributed by atoms with E-state index in [1.54, 1.807) is 12.1 Å². The van der Waals surface area contributed by atoms with Gasteiger partial charge in [0.2, 0.25) is 5.88 Å². The van der Waals surface area contributed by atoms with Gasteiger partial charge in [0.05, 0.1) is 10.9 Å². The average Bonchev–Trinajstić information content (AvgIpc) is 2.69. The van der Waals surface area contributed by atoms with Gasteiger partial charge in [0.25, 0.3) is 0 Å². The lowest BCUT2D eigenvalue weighted by Gasteiger charge is -2.12. The minimum absolute atomic E-state index is 0.481. The lowest BCUT2D eigenvalue weighted by molar-refractivity contribution is 0.501. The van der Waals surface area contributed by atoms with Crippen molar-refractivity contribution in [1.82, 2.24) is 9.97 Å². The second-order valence-electron chi connectivity index (χ2n) is 5.77. The van der Waals surface area contributed by atoms with Gasteiger partial charge in [0.15, 0.2) is 5.82 Å². The summed E-state index contributed by atoms with van der Waals surface area (Å²) in [5.41, 5.74) is 2.60. The number of ether oxygens (including phenoxy) is 1. The Bertz CT molecular complexity index is 1080. The van der Waals surface area contributed by atoms with E-state index in [1.165, 1.54) is 0 Å². The summed E-state index contributed by atoms with van der Waals surface area (Å²) in [5, 5.41) is 1.50. The van der Waals surface area contributed by atoms with Crippen LogP contribution >= 0.6 is 11.6 Å². The van der Waals surface area contributed by atoms with Gasteiger partial charge in [0.1, 0.15) is 5.76 Å². The molecule has 0 aliphatic rings. The molecule has 0 amide bonds. The van der Waals surface area contributed by atoms with E-state index in [0.717, 1.165) is 22.0 Å². The summed E-state index contributed by atoms with van der Waals surface area (Å²) < 4.78 is 6.03. The van der Waals surface area contributed by atoms with Crippen LogP contribution in [0, 0.1) is 0 Å². The Morgan fingerprint density at radius 3 is 2.27 bits per heavy atom.